The lowest BCUT2D eigenvalue weighted by atomic mass is 10.1. The normalized spacial score (nSPS) is 15.7. The summed E-state index contributed by atoms with van der Waals surface area (Å²) >= 11 is 0. The SMILES string of the molecule is CN(C)S(=O)(=O)c1ccc2c(c1)C(=Cc1cc3ccccc3[nH]1)C(=O)N2. The number of anilines is 1. The van der Waals surface area contributed by atoms with Crippen molar-refractivity contribution in [2.75, 3.05) is 19.4 Å². The summed E-state index contributed by atoms with van der Waals surface area (Å²) < 4.78 is 25.9. The third-order valence-electron chi connectivity index (χ3n) is 4.40. The molecule has 132 valence electrons. The molecule has 3 aromatic rings. The maximum Gasteiger partial charge on any atom is 0.256 e. The lowest BCUT2D eigenvalue weighted by Crippen LogP contribution is -2.22. The molecule has 0 saturated heterocycles. The van der Waals surface area contributed by atoms with E-state index in [1.54, 1.807) is 12.1 Å². The number of para-hydroxylation sites is 1. The number of nitrogens with one attached hydrogen (secondary N) is 2. The molecule has 6 nitrogen and oxygen atoms in total. The zero-order chi connectivity index (χ0) is 18.5. The van der Waals surface area contributed by atoms with Crippen molar-refractivity contribution in [1.82, 2.24) is 9.29 Å². The molecule has 2 aromatic carbocycles. The molecule has 0 radical (unpaired) electrons. The van der Waals surface area contributed by atoms with E-state index in [4.69, 9.17) is 0 Å². The first kappa shape index (κ1) is 16.6. The Labute approximate surface area is 151 Å². The maximum absolute atomic E-state index is 12.4. The van der Waals surface area contributed by atoms with Gasteiger partial charge >= 0.3 is 0 Å². The average Bonchev–Trinajstić information content (AvgIpc) is 3.15. The zero-order valence-corrected chi connectivity index (χ0v) is 15.1. The number of hydrogen-bond acceptors (Lipinski definition) is 3. The van der Waals surface area contributed by atoms with Gasteiger partial charge in [0.05, 0.1) is 10.5 Å². The van der Waals surface area contributed by atoms with Crippen LogP contribution in [-0.4, -0.2) is 37.7 Å². The van der Waals surface area contributed by atoms with Gasteiger partial charge in [-0.25, -0.2) is 12.7 Å². The van der Waals surface area contributed by atoms with Crippen LogP contribution in [0.5, 0.6) is 0 Å². The van der Waals surface area contributed by atoms with Gasteiger partial charge in [-0.05, 0) is 41.8 Å². The van der Waals surface area contributed by atoms with Gasteiger partial charge in [0, 0.05) is 36.6 Å². The van der Waals surface area contributed by atoms with E-state index in [1.165, 1.54) is 26.2 Å². The smallest absolute Gasteiger partial charge is 0.256 e. The van der Waals surface area contributed by atoms with Gasteiger partial charge in [0.25, 0.3) is 5.91 Å². The van der Waals surface area contributed by atoms with Gasteiger partial charge < -0.3 is 10.3 Å². The van der Waals surface area contributed by atoms with Crippen LogP contribution in [0, 0.1) is 0 Å². The molecule has 1 aromatic heterocycles. The van der Waals surface area contributed by atoms with Crippen molar-refractivity contribution in [3.63, 3.8) is 0 Å². The number of fused-ring (bicyclic) bond motifs is 2. The number of aromatic amines is 1. The summed E-state index contributed by atoms with van der Waals surface area (Å²) in [7, 11) is -0.615. The van der Waals surface area contributed by atoms with Gasteiger partial charge in [-0.1, -0.05) is 18.2 Å². The Kier molecular flexibility index (Phi) is 3.71. The molecule has 7 heteroatoms. The summed E-state index contributed by atoms with van der Waals surface area (Å²) in [6.45, 7) is 0. The number of hydrogen-bond donors (Lipinski definition) is 2. The van der Waals surface area contributed by atoms with E-state index >= 15 is 0 Å². The fourth-order valence-corrected chi connectivity index (χ4v) is 3.94. The van der Waals surface area contributed by atoms with Gasteiger partial charge in [0.2, 0.25) is 10.0 Å². The highest BCUT2D eigenvalue weighted by molar-refractivity contribution is 7.89. The van der Waals surface area contributed by atoms with E-state index < -0.39 is 10.0 Å². The third kappa shape index (κ3) is 2.61. The molecule has 0 bridgehead atoms. The minimum atomic E-state index is -3.57. The van der Waals surface area contributed by atoms with Crippen LogP contribution in [0.3, 0.4) is 0 Å². The van der Waals surface area contributed by atoms with Crippen LogP contribution in [0.15, 0.2) is 53.4 Å². The Morgan fingerprint density at radius 1 is 1.04 bits per heavy atom. The van der Waals surface area contributed by atoms with Crippen molar-refractivity contribution in [2.45, 2.75) is 4.90 Å². The summed E-state index contributed by atoms with van der Waals surface area (Å²) in [4.78, 5) is 15.8. The largest absolute Gasteiger partial charge is 0.355 e. The van der Waals surface area contributed by atoms with E-state index in [2.05, 4.69) is 10.3 Å². The third-order valence-corrected chi connectivity index (χ3v) is 6.21. The Bertz CT molecular complexity index is 1140. The van der Waals surface area contributed by atoms with E-state index in [-0.39, 0.29) is 10.8 Å². The first-order valence-corrected chi connectivity index (χ1v) is 9.48. The lowest BCUT2D eigenvalue weighted by Gasteiger charge is -2.12. The van der Waals surface area contributed by atoms with Crippen LogP contribution in [0.25, 0.3) is 22.6 Å². The molecule has 0 atom stereocenters. The van der Waals surface area contributed by atoms with Crippen LogP contribution < -0.4 is 5.32 Å². The molecule has 0 unspecified atom stereocenters. The maximum atomic E-state index is 12.4. The fraction of sp³-hybridized carbons (Fsp3) is 0.105. The number of nitrogens with zero attached hydrogens (tertiary/aromatic N) is 1. The number of aromatic nitrogens is 1. The predicted octanol–water partition coefficient (Wildman–Crippen LogP) is 2.91. The molecule has 2 N–H and O–H groups in total. The minimum Gasteiger partial charge on any atom is -0.355 e. The monoisotopic (exact) mass is 367 g/mol. The van der Waals surface area contributed by atoms with Gasteiger partial charge in [-0.3, -0.25) is 4.79 Å². The van der Waals surface area contributed by atoms with Crippen LogP contribution in [0.1, 0.15) is 11.3 Å². The molecular weight excluding hydrogens is 350 g/mol. The summed E-state index contributed by atoms with van der Waals surface area (Å²) in [5, 5.41) is 3.82. The van der Waals surface area contributed by atoms with Crippen molar-refractivity contribution < 1.29 is 13.2 Å². The summed E-state index contributed by atoms with van der Waals surface area (Å²) in [6, 6.07) is 14.4. The number of rotatable bonds is 3. The standard InChI is InChI=1S/C19H17N3O3S/c1-22(2)26(24,25)14-7-8-18-15(11-14)16(19(23)21-18)10-13-9-12-5-3-4-6-17(12)20-13/h3-11,20H,1-2H3,(H,21,23). The highest BCUT2D eigenvalue weighted by Gasteiger charge is 2.27. The van der Waals surface area contributed by atoms with Crippen molar-refractivity contribution in [1.29, 1.82) is 0 Å². The van der Waals surface area contributed by atoms with Crippen LogP contribution in [0.2, 0.25) is 0 Å². The van der Waals surface area contributed by atoms with E-state index in [0.717, 1.165) is 20.9 Å². The number of amides is 1. The van der Waals surface area contributed by atoms with E-state index in [9.17, 15) is 13.2 Å². The lowest BCUT2D eigenvalue weighted by molar-refractivity contribution is -0.110. The number of carbonyl (C=O) groups is 1. The molecule has 0 fully saturated rings. The second kappa shape index (κ2) is 5.82. The number of H-pyrrole nitrogens is 1. The van der Waals surface area contributed by atoms with Crippen molar-refractivity contribution in [3.05, 3.63) is 59.8 Å². The second-order valence-corrected chi connectivity index (χ2v) is 8.47. The van der Waals surface area contributed by atoms with Crippen molar-refractivity contribution >= 4 is 44.2 Å². The molecule has 1 amide bonds. The first-order chi connectivity index (χ1) is 12.4. The van der Waals surface area contributed by atoms with Crippen LogP contribution >= 0.6 is 0 Å². The van der Waals surface area contributed by atoms with Gasteiger partial charge in [0.1, 0.15) is 0 Å². The average molecular weight is 367 g/mol. The van der Waals surface area contributed by atoms with E-state index in [1.807, 2.05) is 30.3 Å². The number of sulfonamides is 1. The molecule has 0 aliphatic carbocycles. The Morgan fingerprint density at radius 3 is 2.54 bits per heavy atom. The highest BCUT2D eigenvalue weighted by Crippen LogP contribution is 2.35. The summed E-state index contributed by atoms with van der Waals surface area (Å²) in [6.07, 6.45) is 1.74. The molecule has 2 heterocycles. The quantitative estimate of drug-likeness (QED) is 0.698. The van der Waals surface area contributed by atoms with Gasteiger partial charge in [-0.15, -0.1) is 0 Å². The Balaban J connectivity index is 1.83. The minimum absolute atomic E-state index is 0.153. The first-order valence-electron chi connectivity index (χ1n) is 8.04. The Morgan fingerprint density at radius 2 is 1.81 bits per heavy atom. The van der Waals surface area contributed by atoms with Crippen molar-refractivity contribution in [3.8, 4) is 0 Å². The second-order valence-electron chi connectivity index (χ2n) is 6.32. The van der Waals surface area contributed by atoms with E-state index in [0.29, 0.717) is 16.8 Å². The van der Waals surface area contributed by atoms with Gasteiger partial charge in [-0.2, -0.15) is 0 Å². The molecular formula is C19H17N3O3S. The summed E-state index contributed by atoms with van der Waals surface area (Å²) in [5.74, 6) is -0.252. The molecule has 4 rings (SSSR count). The molecule has 0 spiro atoms. The molecule has 1 aliphatic rings. The molecule has 26 heavy (non-hydrogen) atoms. The van der Waals surface area contributed by atoms with Gasteiger partial charge in [0.15, 0.2) is 0 Å². The fourth-order valence-electron chi connectivity index (χ4n) is 3.01. The Hall–Kier alpha value is -2.90. The number of benzene rings is 2. The van der Waals surface area contributed by atoms with Crippen LogP contribution in [0.4, 0.5) is 5.69 Å². The number of carbonyl (C=O) groups excluding carboxylic acids is 1. The zero-order valence-electron chi connectivity index (χ0n) is 14.3. The summed E-state index contributed by atoms with van der Waals surface area (Å²) in [5.41, 5.74) is 3.38. The van der Waals surface area contributed by atoms with Crippen molar-refractivity contribution in [2.24, 2.45) is 0 Å². The highest BCUT2D eigenvalue weighted by atomic mass is 32.2. The molecule has 1 aliphatic heterocycles. The molecule has 0 saturated carbocycles. The predicted molar refractivity (Wildman–Crippen MR) is 102 cm³/mol. The van der Waals surface area contributed by atoms with Crippen LogP contribution in [-0.2, 0) is 14.8 Å². The topological polar surface area (TPSA) is 82.3 Å².